The Bertz CT molecular complexity index is 523. The molecule has 0 aromatic heterocycles. The molecule has 0 spiro atoms. The summed E-state index contributed by atoms with van der Waals surface area (Å²) in [5.41, 5.74) is 6.12. The van der Waals surface area contributed by atoms with Crippen LogP contribution in [0.4, 0.5) is 5.69 Å². The van der Waals surface area contributed by atoms with E-state index in [2.05, 4.69) is 5.32 Å². The SMILES string of the molecule is CC(C)C(C)(CN)NC(=O)CCc1cccc([N+](=O)[O-])c1.Cl. The van der Waals surface area contributed by atoms with Gasteiger partial charge in [-0.2, -0.15) is 0 Å². The van der Waals surface area contributed by atoms with E-state index < -0.39 is 10.5 Å². The fourth-order valence-electron chi connectivity index (χ4n) is 1.90. The summed E-state index contributed by atoms with van der Waals surface area (Å²) >= 11 is 0. The number of nitrogens with one attached hydrogen (secondary N) is 1. The number of nitro groups is 1. The van der Waals surface area contributed by atoms with E-state index in [1.54, 1.807) is 12.1 Å². The Morgan fingerprint density at radius 1 is 1.45 bits per heavy atom. The molecule has 0 aliphatic heterocycles. The lowest BCUT2D eigenvalue weighted by Crippen LogP contribution is -2.55. The van der Waals surface area contributed by atoms with Crippen molar-refractivity contribution in [2.45, 2.75) is 39.2 Å². The minimum absolute atomic E-state index is 0. The van der Waals surface area contributed by atoms with E-state index in [-0.39, 0.29) is 36.3 Å². The van der Waals surface area contributed by atoms with Crippen molar-refractivity contribution in [1.29, 1.82) is 0 Å². The highest BCUT2D eigenvalue weighted by molar-refractivity contribution is 5.85. The number of nitro benzene ring substituents is 1. The van der Waals surface area contributed by atoms with Crippen molar-refractivity contribution in [3.8, 4) is 0 Å². The van der Waals surface area contributed by atoms with Crippen LogP contribution in [0.2, 0.25) is 0 Å². The normalized spacial score (nSPS) is 13.1. The first kappa shape index (κ1) is 20.3. The summed E-state index contributed by atoms with van der Waals surface area (Å²) in [6, 6.07) is 6.35. The van der Waals surface area contributed by atoms with Crippen LogP contribution >= 0.6 is 12.4 Å². The van der Waals surface area contributed by atoms with Crippen molar-refractivity contribution >= 4 is 24.0 Å². The summed E-state index contributed by atoms with van der Waals surface area (Å²) in [5.74, 6) is 0.132. The highest BCUT2D eigenvalue weighted by Crippen LogP contribution is 2.17. The topological polar surface area (TPSA) is 98.3 Å². The molecule has 22 heavy (non-hydrogen) atoms. The Kier molecular flexibility index (Phi) is 8.05. The van der Waals surface area contributed by atoms with E-state index in [1.807, 2.05) is 20.8 Å². The molecule has 3 N–H and O–H groups in total. The molecule has 1 amide bonds. The number of nitrogens with two attached hydrogens (primary N) is 1. The Hall–Kier alpha value is -1.66. The number of benzene rings is 1. The molecular weight excluding hydrogens is 306 g/mol. The van der Waals surface area contributed by atoms with Crippen LogP contribution in [-0.4, -0.2) is 22.9 Å². The number of carbonyl (C=O) groups is 1. The van der Waals surface area contributed by atoms with Gasteiger partial charge in [0, 0.05) is 25.1 Å². The Balaban J connectivity index is 0.00000441. The van der Waals surface area contributed by atoms with Crippen LogP contribution < -0.4 is 11.1 Å². The van der Waals surface area contributed by atoms with Crippen LogP contribution in [0.5, 0.6) is 0 Å². The van der Waals surface area contributed by atoms with Crippen LogP contribution in [0.1, 0.15) is 32.8 Å². The zero-order chi connectivity index (χ0) is 16.0. The molecule has 0 saturated heterocycles. The zero-order valence-corrected chi connectivity index (χ0v) is 14.0. The van der Waals surface area contributed by atoms with Crippen molar-refractivity contribution in [2.75, 3.05) is 6.54 Å². The molecule has 0 heterocycles. The van der Waals surface area contributed by atoms with Crippen molar-refractivity contribution < 1.29 is 9.72 Å². The van der Waals surface area contributed by atoms with Gasteiger partial charge in [-0.15, -0.1) is 12.4 Å². The van der Waals surface area contributed by atoms with E-state index in [0.29, 0.717) is 13.0 Å². The van der Waals surface area contributed by atoms with E-state index in [0.717, 1.165) is 5.56 Å². The standard InChI is InChI=1S/C15H23N3O3.ClH/c1-11(2)15(3,10-16)17-14(19)8-7-12-5-4-6-13(9-12)18(20)21;/h4-6,9,11H,7-8,10,16H2,1-3H3,(H,17,19);1H. The minimum atomic E-state index is -0.437. The largest absolute Gasteiger partial charge is 0.349 e. The second-order valence-electron chi connectivity index (χ2n) is 5.75. The predicted octanol–water partition coefficient (Wildman–Crippen LogP) is 2.44. The maximum absolute atomic E-state index is 12.0. The molecule has 124 valence electrons. The molecule has 1 atom stereocenters. The maximum atomic E-state index is 12.0. The average molecular weight is 330 g/mol. The monoisotopic (exact) mass is 329 g/mol. The van der Waals surface area contributed by atoms with Gasteiger partial charge >= 0.3 is 0 Å². The van der Waals surface area contributed by atoms with Gasteiger partial charge in [0.1, 0.15) is 0 Å². The summed E-state index contributed by atoms with van der Waals surface area (Å²) in [6.07, 6.45) is 0.746. The molecule has 0 radical (unpaired) electrons. The van der Waals surface area contributed by atoms with Gasteiger partial charge in [-0.3, -0.25) is 14.9 Å². The number of non-ortho nitro benzene ring substituents is 1. The van der Waals surface area contributed by atoms with Gasteiger partial charge in [0.05, 0.1) is 10.5 Å². The summed E-state index contributed by atoms with van der Waals surface area (Å²) in [5, 5.41) is 13.7. The first-order valence-electron chi connectivity index (χ1n) is 7.03. The van der Waals surface area contributed by atoms with Crippen molar-refractivity contribution in [1.82, 2.24) is 5.32 Å². The third-order valence-corrected chi connectivity index (χ3v) is 3.89. The van der Waals surface area contributed by atoms with Gasteiger partial charge in [-0.25, -0.2) is 0 Å². The first-order chi connectivity index (χ1) is 9.78. The molecule has 0 fully saturated rings. The van der Waals surface area contributed by atoms with E-state index in [9.17, 15) is 14.9 Å². The number of amides is 1. The molecule has 1 aromatic rings. The maximum Gasteiger partial charge on any atom is 0.269 e. The third-order valence-electron chi connectivity index (χ3n) is 3.89. The lowest BCUT2D eigenvalue weighted by Gasteiger charge is -2.33. The fraction of sp³-hybridized carbons (Fsp3) is 0.533. The molecule has 0 aliphatic carbocycles. The first-order valence-corrected chi connectivity index (χ1v) is 7.03. The number of carbonyl (C=O) groups excluding carboxylic acids is 1. The van der Waals surface area contributed by atoms with Gasteiger partial charge in [0.15, 0.2) is 0 Å². The fourth-order valence-corrected chi connectivity index (χ4v) is 1.90. The summed E-state index contributed by atoms with van der Waals surface area (Å²) in [6.45, 7) is 6.30. The number of nitrogens with zero attached hydrogens (tertiary/aromatic N) is 1. The van der Waals surface area contributed by atoms with E-state index in [1.165, 1.54) is 12.1 Å². The number of halogens is 1. The van der Waals surface area contributed by atoms with Crippen LogP contribution in [0.3, 0.4) is 0 Å². The van der Waals surface area contributed by atoms with Gasteiger partial charge in [-0.05, 0) is 24.8 Å². The lowest BCUT2D eigenvalue weighted by molar-refractivity contribution is -0.384. The zero-order valence-electron chi connectivity index (χ0n) is 13.2. The molecule has 6 nitrogen and oxygen atoms in total. The minimum Gasteiger partial charge on any atom is -0.349 e. The van der Waals surface area contributed by atoms with E-state index in [4.69, 9.17) is 5.73 Å². The summed E-state index contributed by atoms with van der Waals surface area (Å²) < 4.78 is 0. The Labute approximate surface area is 137 Å². The smallest absolute Gasteiger partial charge is 0.269 e. The van der Waals surface area contributed by atoms with Crippen molar-refractivity contribution in [2.24, 2.45) is 11.7 Å². The average Bonchev–Trinajstić information content (AvgIpc) is 2.45. The highest BCUT2D eigenvalue weighted by atomic mass is 35.5. The number of hydrogen-bond acceptors (Lipinski definition) is 4. The van der Waals surface area contributed by atoms with Gasteiger partial charge in [0.2, 0.25) is 5.91 Å². The van der Waals surface area contributed by atoms with Gasteiger partial charge in [-0.1, -0.05) is 26.0 Å². The van der Waals surface area contributed by atoms with Crippen LogP contribution in [-0.2, 0) is 11.2 Å². The lowest BCUT2D eigenvalue weighted by atomic mass is 9.88. The molecule has 1 rings (SSSR count). The number of hydrogen-bond donors (Lipinski definition) is 2. The molecule has 7 heteroatoms. The summed E-state index contributed by atoms with van der Waals surface area (Å²) in [4.78, 5) is 22.3. The van der Waals surface area contributed by atoms with Gasteiger partial charge in [0.25, 0.3) is 5.69 Å². The van der Waals surface area contributed by atoms with Gasteiger partial charge < -0.3 is 11.1 Å². The van der Waals surface area contributed by atoms with Crippen LogP contribution in [0, 0.1) is 16.0 Å². The number of aryl methyl sites for hydroxylation is 1. The molecule has 0 bridgehead atoms. The van der Waals surface area contributed by atoms with E-state index >= 15 is 0 Å². The molecule has 0 saturated carbocycles. The number of rotatable bonds is 7. The van der Waals surface area contributed by atoms with Crippen molar-refractivity contribution in [3.63, 3.8) is 0 Å². The molecular formula is C15H24ClN3O3. The quantitative estimate of drug-likeness (QED) is 0.593. The second-order valence-corrected chi connectivity index (χ2v) is 5.75. The third kappa shape index (κ3) is 5.61. The molecule has 1 unspecified atom stereocenters. The second kappa shape index (κ2) is 8.70. The Morgan fingerprint density at radius 3 is 2.59 bits per heavy atom. The van der Waals surface area contributed by atoms with Crippen LogP contribution in [0.25, 0.3) is 0 Å². The summed E-state index contributed by atoms with van der Waals surface area (Å²) in [7, 11) is 0. The highest BCUT2D eigenvalue weighted by Gasteiger charge is 2.28. The molecule has 1 aromatic carbocycles. The Morgan fingerprint density at radius 2 is 2.09 bits per heavy atom. The van der Waals surface area contributed by atoms with Crippen LogP contribution in [0.15, 0.2) is 24.3 Å². The van der Waals surface area contributed by atoms with Crippen molar-refractivity contribution in [3.05, 3.63) is 39.9 Å². The molecule has 0 aliphatic rings. The predicted molar refractivity (Wildman–Crippen MR) is 89.1 cm³/mol.